The van der Waals surface area contributed by atoms with Crippen LogP contribution in [-0.4, -0.2) is 22.8 Å². The summed E-state index contributed by atoms with van der Waals surface area (Å²) >= 11 is 0. The standard InChI is InChI=1S/C16H25NO/c1-14(18)9-8-12-17(16(2,3)4)13-15-10-6-5-7-11-15/h5-7,10-11H,8-9,12-13H2,1-4H3. The molecule has 0 heterocycles. The van der Waals surface area contributed by atoms with Crippen LogP contribution < -0.4 is 0 Å². The Bertz CT molecular complexity index is 364. The molecule has 0 amide bonds. The summed E-state index contributed by atoms with van der Waals surface area (Å²) in [7, 11) is 0. The molecule has 0 aromatic heterocycles. The average molecular weight is 247 g/mol. The summed E-state index contributed by atoms with van der Waals surface area (Å²) in [5.41, 5.74) is 1.46. The summed E-state index contributed by atoms with van der Waals surface area (Å²) < 4.78 is 0. The maximum atomic E-state index is 11.0. The quantitative estimate of drug-likeness (QED) is 0.764. The summed E-state index contributed by atoms with van der Waals surface area (Å²) in [6.45, 7) is 10.3. The zero-order valence-electron chi connectivity index (χ0n) is 12.1. The second-order valence-electron chi connectivity index (χ2n) is 5.88. The van der Waals surface area contributed by atoms with Crippen molar-refractivity contribution in [3.8, 4) is 0 Å². The van der Waals surface area contributed by atoms with Crippen LogP contribution in [0.2, 0.25) is 0 Å². The first-order valence-electron chi connectivity index (χ1n) is 6.68. The van der Waals surface area contributed by atoms with Gasteiger partial charge >= 0.3 is 0 Å². The lowest BCUT2D eigenvalue weighted by Gasteiger charge is -2.35. The van der Waals surface area contributed by atoms with Crippen molar-refractivity contribution in [1.82, 2.24) is 4.90 Å². The minimum absolute atomic E-state index is 0.132. The topological polar surface area (TPSA) is 20.3 Å². The molecule has 1 aromatic carbocycles. The van der Waals surface area contributed by atoms with Gasteiger partial charge in [-0.3, -0.25) is 4.90 Å². The van der Waals surface area contributed by atoms with E-state index < -0.39 is 0 Å². The Morgan fingerprint density at radius 2 is 1.78 bits per heavy atom. The predicted octanol–water partition coefficient (Wildman–Crippen LogP) is 3.66. The number of benzene rings is 1. The fourth-order valence-electron chi connectivity index (χ4n) is 1.97. The van der Waals surface area contributed by atoms with E-state index >= 15 is 0 Å². The van der Waals surface area contributed by atoms with E-state index in [-0.39, 0.29) is 11.3 Å². The molecule has 1 aromatic rings. The molecule has 0 bridgehead atoms. The van der Waals surface area contributed by atoms with E-state index in [1.807, 2.05) is 6.07 Å². The van der Waals surface area contributed by atoms with Crippen LogP contribution in [0, 0.1) is 0 Å². The van der Waals surface area contributed by atoms with Crippen LogP contribution in [-0.2, 0) is 11.3 Å². The summed E-state index contributed by atoms with van der Waals surface area (Å²) in [5.74, 6) is 0.281. The van der Waals surface area contributed by atoms with Crippen LogP contribution in [0.1, 0.15) is 46.1 Å². The summed E-state index contributed by atoms with van der Waals surface area (Å²) in [6, 6.07) is 10.5. The molecular weight excluding hydrogens is 222 g/mol. The Kier molecular flexibility index (Phi) is 5.54. The minimum atomic E-state index is 0.132. The van der Waals surface area contributed by atoms with Gasteiger partial charge in [0.2, 0.25) is 0 Å². The van der Waals surface area contributed by atoms with Gasteiger partial charge in [-0.05, 0) is 46.2 Å². The number of nitrogens with zero attached hydrogens (tertiary/aromatic N) is 1. The number of hydrogen-bond donors (Lipinski definition) is 0. The van der Waals surface area contributed by atoms with Gasteiger partial charge in [0.15, 0.2) is 0 Å². The van der Waals surface area contributed by atoms with Gasteiger partial charge in [-0.1, -0.05) is 30.3 Å². The Hall–Kier alpha value is -1.15. The number of rotatable bonds is 6. The molecule has 2 nitrogen and oxygen atoms in total. The molecule has 0 atom stereocenters. The van der Waals surface area contributed by atoms with Crippen LogP contribution in [0.15, 0.2) is 30.3 Å². The Labute approximate surface area is 111 Å². The molecule has 1 rings (SSSR count). The van der Waals surface area contributed by atoms with E-state index in [0.717, 1.165) is 19.5 Å². The molecule has 0 unspecified atom stereocenters. The molecule has 0 fully saturated rings. The highest BCUT2D eigenvalue weighted by Gasteiger charge is 2.20. The molecular formula is C16H25NO. The van der Waals surface area contributed by atoms with Crippen LogP contribution >= 0.6 is 0 Å². The van der Waals surface area contributed by atoms with Crippen molar-refractivity contribution in [2.45, 2.75) is 52.6 Å². The molecule has 100 valence electrons. The van der Waals surface area contributed by atoms with E-state index in [2.05, 4.69) is 49.9 Å². The fourth-order valence-corrected chi connectivity index (χ4v) is 1.97. The molecule has 0 saturated carbocycles. The lowest BCUT2D eigenvalue weighted by atomic mass is 10.0. The second-order valence-corrected chi connectivity index (χ2v) is 5.88. The minimum Gasteiger partial charge on any atom is -0.300 e. The predicted molar refractivity (Wildman–Crippen MR) is 76.5 cm³/mol. The van der Waals surface area contributed by atoms with Crippen molar-refractivity contribution in [1.29, 1.82) is 0 Å². The molecule has 0 radical (unpaired) electrons. The van der Waals surface area contributed by atoms with Crippen LogP contribution in [0.25, 0.3) is 0 Å². The van der Waals surface area contributed by atoms with Gasteiger partial charge < -0.3 is 4.79 Å². The number of Topliss-reactive ketones (excluding diaryl/α,β-unsaturated/α-hetero) is 1. The Balaban J connectivity index is 2.59. The molecule has 0 aliphatic carbocycles. The van der Waals surface area contributed by atoms with E-state index in [4.69, 9.17) is 0 Å². The maximum Gasteiger partial charge on any atom is 0.129 e. The lowest BCUT2D eigenvalue weighted by Crippen LogP contribution is -2.41. The molecule has 18 heavy (non-hydrogen) atoms. The van der Waals surface area contributed by atoms with E-state index in [1.54, 1.807) is 6.92 Å². The SMILES string of the molecule is CC(=O)CCCN(Cc1ccccc1)C(C)(C)C. The van der Waals surface area contributed by atoms with Crippen LogP contribution in [0.5, 0.6) is 0 Å². The average Bonchev–Trinajstić information content (AvgIpc) is 2.27. The number of carbonyl (C=O) groups excluding carboxylic acids is 1. The smallest absolute Gasteiger partial charge is 0.129 e. The van der Waals surface area contributed by atoms with Crippen molar-refractivity contribution < 1.29 is 4.79 Å². The highest BCUT2D eigenvalue weighted by molar-refractivity contribution is 5.75. The summed E-state index contributed by atoms with van der Waals surface area (Å²) in [6.07, 6.45) is 1.63. The molecule has 0 N–H and O–H groups in total. The molecule has 0 aliphatic heterocycles. The van der Waals surface area contributed by atoms with Gasteiger partial charge in [0.1, 0.15) is 5.78 Å². The van der Waals surface area contributed by atoms with Crippen molar-refractivity contribution in [2.75, 3.05) is 6.54 Å². The monoisotopic (exact) mass is 247 g/mol. The van der Waals surface area contributed by atoms with Crippen molar-refractivity contribution in [3.63, 3.8) is 0 Å². The second kappa shape index (κ2) is 6.69. The third kappa shape index (κ3) is 5.46. The molecule has 0 spiro atoms. The van der Waals surface area contributed by atoms with E-state index in [9.17, 15) is 4.79 Å². The van der Waals surface area contributed by atoms with Gasteiger partial charge in [0.25, 0.3) is 0 Å². The largest absolute Gasteiger partial charge is 0.300 e. The fraction of sp³-hybridized carbons (Fsp3) is 0.562. The zero-order valence-corrected chi connectivity index (χ0v) is 12.1. The van der Waals surface area contributed by atoms with Crippen molar-refractivity contribution >= 4 is 5.78 Å². The molecule has 2 heteroatoms. The van der Waals surface area contributed by atoms with Crippen molar-refractivity contribution in [2.24, 2.45) is 0 Å². The van der Waals surface area contributed by atoms with Gasteiger partial charge in [-0.25, -0.2) is 0 Å². The number of hydrogen-bond acceptors (Lipinski definition) is 2. The molecule has 0 aliphatic rings. The van der Waals surface area contributed by atoms with Gasteiger partial charge in [0, 0.05) is 18.5 Å². The Morgan fingerprint density at radius 1 is 1.17 bits per heavy atom. The zero-order chi connectivity index (χ0) is 13.6. The van der Waals surface area contributed by atoms with E-state index in [1.165, 1.54) is 5.56 Å². The first-order valence-corrected chi connectivity index (χ1v) is 6.68. The van der Waals surface area contributed by atoms with Crippen LogP contribution in [0.4, 0.5) is 0 Å². The highest BCUT2D eigenvalue weighted by atomic mass is 16.1. The molecule has 0 saturated heterocycles. The third-order valence-corrected chi connectivity index (χ3v) is 3.12. The number of ketones is 1. The van der Waals surface area contributed by atoms with Gasteiger partial charge in [-0.15, -0.1) is 0 Å². The highest BCUT2D eigenvalue weighted by Crippen LogP contribution is 2.18. The Morgan fingerprint density at radius 3 is 2.28 bits per heavy atom. The third-order valence-electron chi connectivity index (χ3n) is 3.12. The first-order chi connectivity index (χ1) is 8.39. The summed E-state index contributed by atoms with van der Waals surface area (Å²) in [4.78, 5) is 13.5. The van der Waals surface area contributed by atoms with Gasteiger partial charge in [-0.2, -0.15) is 0 Å². The number of carbonyl (C=O) groups is 1. The maximum absolute atomic E-state index is 11.0. The first kappa shape index (κ1) is 14.9. The normalized spacial score (nSPS) is 11.8. The summed E-state index contributed by atoms with van der Waals surface area (Å²) in [5, 5.41) is 0. The van der Waals surface area contributed by atoms with Gasteiger partial charge in [0.05, 0.1) is 0 Å². The van der Waals surface area contributed by atoms with E-state index in [0.29, 0.717) is 6.42 Å². The van der Waals surface area contributed by atoms with Crippen molar-refractivity contribution in [3.05, 3.63) is 35.9 Å². The lowest BCUT2D eigenvalue weighted by molar-refractivity contribution is -0.117. The van der Waals surface area contributed by atoms with Crippen LogP contribution in [0.3, 0.4) is 0 Å².